The fourth-order valence-corrected chi connectivity index (χ4v) is 5.17. The van der Waals surface area contributed by atoms with Gasteiger partial charge in [0.25, 0.3) is 0 Å². The topological polar surface area (TPSA) is 36.9 Å². The van der Waals surface area contributed by atoms with Gasteiger partial charge in [0, 0.05) is 0 Å². The van der Waals surface area contributed by atoms with Gasteiger partial charge in [-0.1, -0.05) is 60.7 Å². The highest BCUT2D eigenvalue weighted by Gasteiger charge is 2.52. The van der Waals surface area contributed by atoms with Gasteiger partial charge >= 0.3 is 14.2 Å². The van der Waals surface area contributed by atoms with Gasteiger partial charge in [-0.3, -0.25) is 0 Å². The van der Waals surface area contributed by atoms with Crippen molar-refractivity contribution in [1.29, 1.82) is 0 Å². The summed E-state index contributed by atoms with van der Waals surface area (Å²) in [7, 11) is -0.766. The van der Waals surface area contributed by atoms with Crippen molar-refractivity contribution in [2.24, 2.45) is 0 Å². The van der Waals surface area contributed by atoms with Crippen LogP contribution in [0.4, 0.5) is 0 Å². The molecule has 4 aromatic rings. The van der Waals surface area contributed by atoms with Gasteiger partial charge in [0.2, 0.25) is 0 Å². The molecule has 0 radical (unpaired) electrons. The second-order valence-corrected chi connectivity index (χ2v) is 12.4. The van der Waals surface area contributed by atoms with Gasteiger partial charge in [-0.05, 0) is 98.6 Å². The summed E-state index contributed by atoms with van der Waals surface area (Å²) in [6.45, 7) is 16.7. The van der Waals surface area contributed by atoms with Crippen molar-refractivity contribution in [2.75, 3.05) is 0 Å². The van der Waals surface area contributed by atoms with E-state index >= 15 is 0 Å². The molecule has 0 aromatic heterocycles. The molecule has 0 aliphatic carbocycles. The number of rotatable bonds is 2. The first-order valence-electron chi connectivity index (χ1n) is 12.9. The van der Waals surface area contributed by atoms with Crippen molar-refractivity contribution in [1.82, 2.24) is 0 Å². The molecule has 0 atom stereocenters. The van der Waals surface area contributed by atoms with Crippen LogP contribution in [0.2, 0.25) is 0 Å². The van der Waals surface area contributed by atoms with Crippen LogP contribution in [0.15, 0.2) is 60.7 Å². The molecular weight excluding hydrogens is 446 g/mol. The van der Waals surface area contributed by atoms with Crippen LogP contribution in [0.5, 0.6) is 0 Å². The van der Waals surface area contributed by atoms with E-state index in [1.807, 2.05) is 0 Å². The Bertz CT molecular complexity index is 1490. The molecular formula is C30H34B2O4. The fraction of sp³-hybridized carbons (Fsp3) is 0.400. The Hall–Kier alpha value is -2.37. The SMILES string of the molecule is CC1(C)OB(c2ccc3c(ccc4ccc5ccc(B6OC(C)(C)C(C)(C)O6)cc5c43)c2)OC1(C)C. The van der Waals surface area contributed by atoms with Gasteiger partial charge < -0.3 is 18.6 Å². The van der Waals surface area contributed by atoms with E-state index in [-0.39, 0.29) is 36.6 Å². The van der Waals surface area contributed by atoms with E-state index in [1.165, 1.54) is 32.3 Å². The van der Waals surface area contributed by atoms with Crippen LogP contribution in [-0.2, 0) is 18.6 Å². The predicted molar refractivity (Wildman–Crippen MR) is 150 cm³/mol. The molecule has 4 nitrogen and oxygen atoms in total. The normalized spacial score (nSPS) is 22.2. The van der Waals surface area contributed by atoms with Crippen molar-refractivity contribution >= 4 is 57.5 Å². The third-order valence-electron chi connectivity index (χ3n) is 8.92. The molecule has 2 aliphatic heterocycles. The van der Waals surface area contributed by atoms with Gasteiger partial charge in [-0.15, -0.1) is 0 Å². The maximum Gasteiger partial charge on any atom is 0.494 e. The molecule has 4 aromatic carbocycles. The van der Waals surface area contributed by atoms with Crippen LogP contribution in [0, 0.1) is 0 Å². The van der Waals surface area contributed by atoms with Crippen molar-refractivity contribution < 1.29 is 18.6 Å². The first-order chi connectivity index (χ1) is 16.8. The van der Waals surface area contributed by atoms with E-state index < -0.39 is 0 Å². The summed E-state index contributed by atoms with van der Waals surface area (Å²) in [5.74, 6) is 0. The zero-order chi connectivity index (χ0) is 25.7. The third-order valence-corrected chi connectivity index (χ3v) is 8.92. The Morgan fingerprint density at radius 3 is 1.42 bits per heavy atom. The summed E-state index contributed by atoms with van der Waals surface area (Å²) >= 11 is 0. The quantitative estimate of drug-likeness (QED) is 0.271. The monoisotopic (exact) mass is 480 g/mol. The summed E-state index contributed by atoms with van der Waals surface area (Å²) in [4.78, 5) is 0. The first-order valence-corrected chi connectivity index (χ1v) is 12.9. The van der Waals surface area contributed by atoms with Crippen LogP contribution in [0.25, 0.3) is 32.3 Å². The molecule has 0 bridgehead atoms. The van der Waals surface area contributed by atoms with E-state index in [1.54, 1.807) is 0 Å². The highest BCUT2D eigenvalue weighted by molar-refractivity contribution is 6.63. The molecule has 2 heterocycles. The summed E-state index contributed by atoms with van der Waals surface area (Å²) in [6, 6.07) is 21.9. The highest BCUT2D eigenvalue weighted by atomic mass is 16.7. The molecule has 6 rings (SSSR count). The number of fused-ring (bicyclic) bond motifs is 5. The van der Waals surface area contributed by atoms with E-state index in [0.717, 1.165) is 10.9 Å². The second-order valence-electron chi connectivity index (χ2n) is 12.4. The molecule has 0 N–H and O–H groups in total. The molecule has 36 heavy (non-hydrogen) atoms. The lowest BCUT2D eigenvalue weighted by atomic mass is 9.77. The number of hydrogen-bond donors (Lipinski definition) is 0. The molecule has 6 heteroatoms. The van der Waals surface area contributed by atoms with E-state index in [0.29, 0.717) is 0 Å². The Morgan fingerprint density at radius 2 is 0.861 bits per heavy atom. The summed E-state index contributed by atoms with van der Waals surface area (Å²) in [5.41, 5.74) is 0.606. The van der Waals surface area contributed by atoms with E-state index in [9.17, 15) is 0 Å². The summed E-state index contributed by atoms with van der Waals surface area (Å²) in [6.07, 6.45) is 0. The van der Waals surface area contributed by atoms with Crippen LogP contribution in [0.3, 0.4) is 0 Å². The lowest BCUT2D eigenvalue weighted by molar-refractivity contribution is 0.00578. The summed E-state index contributed by atoms with van der Waals surface area (Å²) in [5, 5.41) is 7.24. The maximum atomic E-state index is 6.35. The third kappa shape index (κ3) is 3.53. The second kappa shape index (κ2) is 7.58. The average Bonchev–Trinajstić information content (AvgIpc) is 3.17. The molecule has 0 saturated carbocycles. The van der Waals surface area contributed by atoms with Gasteiger partial charge in [0.15, 0.2) is 0 Å². The number of benzene rings is 4. The Kier molecular flexibility index (Phi) is 5.05. The van der Waals surface area contributed by atoms with Gasteiger partial charge in [0.05, 0.1) is 22.4 Å². The maximum absolute atomic E-state index is 6.35. The summed E-state index contributed by atoms with van der Waals surface area (Å²) < 4.78 is 25.3. The lowest BCUT2D eigenvalue weighted by Gasteiger charge is -2.32. The zero-order valence-corrected chi connectivity index (χ0v) is 22.6. The smallest absolute Gasteiger partial charge is 0.399 e. The van der Waals surface area contributed by atoms with Crippen molar-refractivity contribution in [3.63, 3.8) is 0 Å². The van der Waals surface area contributed by atoms with Crippen LogP contribution < -0.4 is 10.9 Å². The molecule has 2 fully saturated rings. The largest absolute Gasteiger partial charge is 0.494 e. The minimum atomic E-state index is -0.389. The molecule has 0 unspecified atom stereocenters. The van der Waals surface area contributed by atoms with Crippen LogP contribution in [-0.4, -0.2) is 36.6 Å². The van der Waals surface area contributed by atoms with Crippen molar-refractivity contribution in [3.8, 4) is 0 Å². The van der Waals surface area contributed by atoms with Gasteiger partial charge in [0.1, 0.15) is 0 Å². The molecule has 184 valence electrons. The zero-order valence-electron chi connectivity index (χ0n) is 22.6. The molecule has 0 spiro atoms. The Morgan fingerprint density at radius 1 is 0.444 bits per heavy atom. The Balaban J connectivity index is 1.47. The predicted octanol–water partition coefficient (Wildman–Crippen LogP) is 5.74. The molecule has 0 amide bonds. The minimum absolute atomic E-state index is 0.365. The van der Waals surface area contributed by atoms with Crippen LogP contribution >= 0.6 is 0 Å². The highest BCUT2D eigenvalue weighted by Crippen LogP contribution is 2.39. The van der Waals surface area contributed by atoms with Crippen LogP contribution in [0.1, 0.15) is 55.4 Å². The Labute approximate surface area is 214 Å². The average molecular weight is 480 g/mol. The minimum Gasteiger partial charge on any atom is -0.399 e. The lowest BCUT2D eigenvalue weighted by Crippen LogP contribution is -2.41. The van der Waals surface area contributed by atoms with Crippen molar-refractivity contribution in [3.05, 3.63) is 60.7 Å². The molecule has 2 aliphatic rings. The van der Waals surface area contributed by atoms with E-state index in [2.05, 4.69) is 116 Å². The first kappa shape index (κ1) is 24.0. The number of hydrogen-bond acceptors (Lipinski definition) is 4. The van der Waals surface area contributed by atoms with Crippen molar-refractivity contribution in [2.45, 2.75) is 77.8 Å². The van der Waals surface area contributed by atoms with Gasteiger partial charge in [-0.2, -0.15) is 0 Å². The van der Waals surface area contributed by atoms with E-state index in [4.69, 9.17) is 18.6 Å². The fourth-order valence-electron chi connectivity index (χ4n) is 5.17. The standard InChI is InChI=1S/C30H34B2O4/c1-27(2)28(3,4)34-31(33-27)22-15-16-24-21(17-22)12-11-20-10-9-19-13-14-23(18-25(19)26(20)24)32-35-29(5,6)30(7,8)36-32/h9-18H,1-8H3. The van der Waals surface area contributed by atoms with Gasteiger partial charge in [-0.25, -0.2) is 0 Å². The molecule has 2 saturated heterocycles.